The Labute approximate surface area is 97.4 Å². The number of hydrogen-bond donors (Lipinski definition) is 2. The van der Waals surface area contributed by atoms with E-state index in [-0.39, 0.29) is 12.0 Å². The molecule has 0 bridgehead atoms. The first-order valence-corrected chi connectivity index (χ1v) is 6.06. The van der Waals surface area contributed by atoms with Gasteiger partial charge in [0, 0.05) is 19.2 Å². The van der Waals surface area contributed by atoms with Crippen molar-refractivity contribution < 1.29 is 14.6 Å². The predicted octanol–water partition coefficient (Wildman–Crippen LogP) is 1.64. The number of carbonyl (C=O) groups is 1. The van der Waals surface area contributed by atoms with Crippen molar-refractivity contribution in [3.8, 4) is 0 Å². The number of nitrogens with one attached hydrogen (secondary N) is 1. The van der Waals surface area contributed by atoms with Crippen LogP contribution >= 0.6 is 0 Å². The molecule has 1 fully saturated rings. The molecule has 0 aromatic rings. The van der Waals surface area contributed by atoms with E-state index in [1.807, 2.05) is 6.92 Å². The number of hydrogen-bond acceptors (Lipinski definition) is 3. The lowest BCUT2D eigenvalue weighted by molar-refractivity contribution is -0.142. The molecule has 0 aromatic carbocycles. The second-order valence-corrected chi connectivity index (χ2v) is 4.78. The summed E-state index contributed by atoms with van der Waals surface area (Å²) in [6.07, 6.45) is 3.69. The number of aliphatic carboxylic acids is 1. The van der Waals surface area contributed by atoms with E-state index in [0.29, 0.717) is 12.1 Å². The quantitative estimate of drug-likeness (QED) is 0.752. The Balaban J connectivity index is 2.29. The number of carboxylic acid groups (broad SMARTS) is 1. The van der Waals surface area contributed by atoms with E-state index in [4.69, 9.17) is 9.84 Å². The van der Waals surface area contributed by atoms with Crippen molar-refractivity contribution in [2.45, 2.75) is 57.7 Å². The monoisotopic (exact) mass is 229 g/mol. The minimum Gasteiger partial charge on any atom is -0.481 e. The van der Waals surface area contributed by atoms with Gasteiger partial charge in [0.1, 0.15) is 0 Å². The van der Waals surface area contributed by atoms with Crippen molar-refractivity contribution in [1.82, 2.24) is 5.32 Å². The molecule has 2 unspecified atom stereocenters. The summed E-state index contributed by atoms with van der Waals surface area (Å²) in [7, 11) is 1.71. The van der Waals surface area contributed by atoms with E-state index in [9.17, 15) is 4.79 Å². The predicted molar refractivity (Wildman–Crippen MR) is 62.5 cm³/mol. The van der Waals surface area contributed by atoms with Gasteiger partial charge < -0.3 is 15.2 Å². The second kappa shape index (κ2) is 6.21. The summed E-state index contributed by atoms with van der Waals surface area (Å²) in [4.78, 5) is 10.8. The molecule has 0 aromatic heterocycles. The van der Waals surface area contributed by atoms with Gasteiger partial charge in [-0.05, 0) is 39.5 Å². The van der Waals surface area contributed by atoms with Gasteiger partial charge in [-0.1, -0.05) is 0 Å². The third kappa shape index (κ3) is 3.76. The van der Waals surface area contributed by atoms with Gasteiger partial charge in [-0.2, -0.15) is 0 Å². The maximum absolute atomic E-state index is 10.8. The lowest BCUT2D eigenvalue weighted by atomic mass is 9.86. The Hall–Kier alpha value is -0.610. The Kier molecular flexibility index (Phi) is 5.22. The van der Waals surface area contributed by atoms with Crippen LogP contribution in [0.5, 0.6) is 0 Å². The fraction of sp³-hybridized carbons (Fsp3) is 0.917. The van der Waals surface area contributed by atoms with Gasteiger partial charge in [0.15, 0.2) is 0 Å². The average molecular weight is 229 g/mol. The van der Waals surface area contributed by atoms with E-state index < -0.39 is 5.97 Å². The van der Waals surface area contributed by atoms with Crippen LogP contribution in [0.25, 0.3) is 0 Å². The first kappa shape index (κ1) is 13.5. The molecule has 94 valence electrons. The van der Waals surface area contributed by atoms with E-state index in [1.54, 1.807) is 7.11 Å². The summed E-state index contributed by atoms with van der Waals surface area (Å²) in [6, 6.07) is 0.763. The first-order chi connectivity index (χ1) is 7.54. The smallest absolute Gasteiger partial charge is 0.306 e. The molecular weight excluding hydrogens is 206 g/mol. The van der Waals surface area contributed by atoms with Gasteiger partial charge >= 0.3 is 5.97 Å². The van der Waals surface area contributed by atoms with Crippen LogP contribution in [0.4, 0.5) is 0 Å². The third-order valence-electron chi connectivity index (χ3n) is 3.65. The van der Waals surface area contributed by atoms with Crippen molar-refractivity contribution in [3.05, 3.63) is 0 Å². The molecule has 4 nitrogen and oxygen atoms in total. The fourth-order valence-corrected chi connectivity index (χ4v) is 2.22. The molecule has 0 aliphatic heterocycles. The minimum atomic E-state index is -0.642. The molecule has 2 atom stereocenters. The van der Waals surface area contributed by atoms with Crippen LogP contribution in [0.3, 0.4) is 0 Å². The summed E-state index contributed by atoms with van der Waals surface area (Å²) in [5.74, 6) is -0.773. The van der Waals surface area contributed by atoms with Gasteiger partial charge in [0.2, 0.25) is 0 Å². The van der Waals surface area contributed by atoms with Crippen LogP contribution in [0.2, 0.25) is 0 Å². The third-order valence-corrected chi connectivity index (χ3v) is 3.65. The highest BCUT2D eigenvalue weighted by Crippen LogP contribution is 2.24. The van der Waals surface area contributed by atoms with Gasteiger partial charge in [-0.15, -0.1) is 0 Å². The zero-order chi connectivity index (χ0) is 12.1. The Morgan fingerprint density at radius 3 is 2.31 bits per heavy atom. The van der Waals surface area contributed by atoms with Crippen molar-refractivity contribution >= 4 is 5.97 Å². The molecule has 4 heteroatoms. The highest BCUT2D eigenvalue weighted by atomic mass is 16.5. The van der Waals surface area contributed by atoms with Crippen LogP contribution in [0, 0.1) is 5.92 Å². The number of ether oxygens (including phenoxy) is 1. The maximum atomic E-state index is 10.8. The van der Waals surface area contributed by atoms with E-state index in [2.05, 4.69) is 12.2 Å². The summed E-state index contributed by atoms with van der Waals surface area (Å²) < 4.78 is 5.26. The van der Waals surface area contributed by atoms with Gasteiger partial charge in [-0.25, -0.2) is 0 Å². The van der Waals surface area contributed by atoms with Crippen molar-refractivity contribution in [1.29, 1.82) is 0 Å². The zero-order valence-corrected chi connectivity index (χ0v) is 10.4. The van der Waals surface area contributed by atoms with Crippen LogP contribution in [0.1, 0.15) is 39.5 Å². The SMILES string of the molecule is COC(C)C(C)NC1CCC(C(=O)O)CC1. The molecular formula is C12H23NO3. The summed E-state index contributed by atoms with van der Waals surface area (Å²) in [5, 5.41) is 12.4. The molecule has 0 spiro atoms. The maximum Gasteiger partial charge on any atom is 0.306 e. The van der Waals surface area contributed by atoms with Crippen molar-refractivity contribution in [2.24, 2.45) is 5.92 Å². The number of carboxylic acids is 1. The van der Waals surface area contributed by atoms with E-state index >= 15 is 0 Å². The fourth-order valence-electron chi connectivity index (χ4n) is 2.22. The van der Waals surface area contributed by atoms with Crippen molar-refractivity contribution in [2.75, 3.05) is 7.11 Å². The molecule has 1 rings (SSSR count). The second-order valence-electron chi connectivity index (χ2n) is 4.78. The van der Waals surface area contributed by atoms with Crippen LogP contribution in [-0.4, -0.2) is 36.4 Å². The molecule has 0 radical (unpaired) electrons. The Morgan fingerprint density at radius 1 is 1.31 bits per heavy atom. The molecule has 1 saturated carbocycles. The average Bonchev–Trinajstić information content (AvgIpc) is 2.28. The Bertz CT molecular complexity index is 224. The molecule has 2 N–H and O–H groups in total. The van der Waals surface area contributed by atoms with Crippen LogP contribution in [0.15, 0.2) is 0 Å². The molecule has 1 aliphatic carbocycles. The van der Waals surface area contributed by atoms with E-state index in [0.717, 1.165) is 25.7 Å². The van der Waals surface area contributed by atoms with Gasteiger partial charge in [-0.3, -0.25) is 4.79 Å². The van der Waals surface area contributed by atoms with Crippen molar-refractivity contribution in [3.63, 3.8) is 0 Å². The molecule has 16 heavy (non-hydrogen) atoms. The molecule has 0 saturated heterocycles. The summed E-state index contributed by atoms with van der Waals surface area (Å²) in [6.45, 7) is 4.15. The Morgan fingerprint density at radius 2 is 1.88 bits per heavy atom. The minimum absolute atomic E-state index is 0.131. The lowest BCUT2D eigenvalue weighted by Gasteiger charge is -2.31. The van der Waals surface area contributed by atoms with Gasteiger partial charge in [0.05, 0.1) is 12.0 Å². The summed E-state index contributed by atoms with van der Waals surface area (Å²) in [5.41, 5.74) is 0. The number of rotatable bonds is 5. The standard InChI is InChI=1S/C12H23NO3/c1-8(9(2)16-3)13-11-6-4-10(5-7-11)12(14)15/h8-11,13H,4-7H2,1-3H3,(H,14,15). The van der Waals surface area contributed by atoms with Gasteiger partial charge in [0.25, 0.3) is 0 Å². The number of methoxy groups -OCH3 is 1. The zero-order valence-electron chi connectivity index (χ0n) is 10.4. The molecule has 0 amide bonds. The van der Waals surface area contributed by atoms with E-state index in [1.165, 1.54) is 0 Å². The summed E-state index contributed by atoms with van der Waals surface area (Å²) >= 11 is 0. The first-order valence-electron chi connectivity index (χ1n) is 6.06. The highest BCUT2D eigenvalue weighted by molar-refractivity contribution is 5.70. The molecule has 0 heterocycles. The molecule has 1 aliphatic rings. The van der Waals surface area contributed by atoms with Crippen LogP contribution < -0.4 is 5.32 Å². The topological polar surface area (TPSA) is 58.6 Å². The normalized spacial score (nSPS) is 29.7. The highest BCUT2D eigenvalue weighted by Gasteiger charge is 2.27. The van der Waals surface area contributed by atoms with Crippen LogP contribution in [-0.2, 0) is 9.53 Å². The largest absolute Gasteiger partial charge is 0.481 e. The lowest BCUT2D eigenvalue weighted by Crippen LogP contribution is -2.45.